The standard InChI is InChI=1S/C21H21N3O4/c25-18-10-5-11-23(18)17-9-4-8-15-12-16(22-21(27)28)20(26)24(19(15)17)13-14-6-2-1-3-7-14/h1-4,6-9,16,22H,5,10-13H2,(H,27,28). The zero-order valence-electron chi connectivity index (χ0n) is 15.3. The van der Waals surface area contributed by atoms with Crippen molar-refractivity contribution in [2.24, 2.45) is 0 Å². The molecule has 0 spiro atoms. The van der Waals surface area contributed by atoms with Gasteiger partial charge in [-0.2, -0.15) is 0 Å². The van der Waals surface area contributed by atoms with Crippen LogP contribution in [0.3, 0.4) is 0 Å². The molecule has 2 aromatic rings. The first-order valence-corrected chi connectivity index (χ1v) is 9.31. The quantitative estimate of drug-likeness (QED) is 0.854. The SMILES string of the molecule is O=C(O)NC1Cc2cccc(N3CCCC3=O)c2N(Cc2ccccc2)C1=O. The van der Waals surface area contributed by atoms with Crippen LogP contribution < -0.4 is 15.1 Å². The van der Waals surface area contributed by atoms with Crippen LogP contribution in [0, 0.1) is 0 Å². The van der Waals surface area contributed by atoms with Crippen LogP contribution in [0.4, 0.5) is 16.2 Å². The summed E-state index contributed by atoms with van der Waals surface area (Å²) < 4.78 is 0. The van der Waals surface area contributed by atoms with Crippen molar-refractivity contribution in [2.75, 3.05) is 16.3 Å². The molecule has 0 aromatic heterocycles. The second kappa shape index (κ2) is 7.34. The largest absolute Gasteiger partial charge is 0.465 e. The number of fused-ring (bicyclic) bond motifs is 1. The fourth-order valence-corrected chi connectivity index (χ4v) is 3.97. The number of amides is 3. The maximum atomic E-state index is 13.2. The van der Waals surface area contributed by atoms with Crippen molar-refractivity contribution in [1.29, 1.82) is 0 Å². The first-order valence-electron chi connectivity index (χ1n) is 9.31. The van der Waals surface area contributed by atoms with E-state index in [1.54, 1.807) is 9.80 Å². The molecule has 28 heavy (non-hydrogen) atoms. The van der Waals surface area contributed by atoms with Gasteiger partial charge in [-0.3, -0.25) is 9.59 Å². The summed E-state index contributed by atoms with van der Waals surface area (Å²) in [5, 5.41) is 11.5. The molecule has 1 unspecified atom stereocenters. The molecule has 4 rings (SSSR count). The number of carbonyl (C=O) groups is 3. The first kappa shape index (κ1) is 18.0. The van der Waals surface area contributed by atoms with Crippen LogP contribution in [-0.4, -0.2) is 35.6 Å². The highest BCUT2D eigenvalue weighted by atomic mass is 16.4. The molecule has 3 amide bonds. The number of rotatable bonds is 4. The minimum absolute atomic E-state index is 0.0475. The summed E-state index contributed by atoms with van der Waals surface area (Å²) in [5.74, 6) is -0.260. The van der Waals surface area contributed by atoms with Crippen LogP contribution in [0.5, 0.6) is 0 Å². The van der Waals surface area contributed by atoms with Gasteiger partial charge in [0.05, 0.1) is 17.9 Å². The van der Waals surface area contributed by atoms with Gasteiger partial charge in [-0.1, -0.05) is 42.5 Å². The molecule has 7 nitrogen and oxygen atoms in total. The fraction of sp³-hybridized carbons (Fsp3) is 0.286. The van der Waals surface area contributed by atoms with Crippen molar-refractivity contribution in [1.82, 2.24) is 5.32 Å². The summed E-state index contributed by atoms with van der Waals surface area (Å²) in [7, 11) is 0. The molecule has 1 saturated heterocycles. The van der Waals surface area contributed by atoms with Crippen molar-refractivity contribution < 1.29 is 19.5 Å². The number of nitrogens with zero attached hydrogens (tertiary/aromatic N) is 2. The lowest BCUT2D eigenvalue weighted by molar-refractivity contribution is -0.121. The van der Waals surface area contributed by atoms with E-state index < -0.39 is 12.1 Å². The molecule has 1 atom stereocenters. The van der Waals surface area contributed by atoms with Crippen LogP contribution >= 0.6 is 0 Å². The summed E-state index contributed by atoms with van der Waals surface area (Å²) >= 11 is 0. The van der Waals surface area contributed by atoms with Crippen molar-refractivity contribution in [3.63, 3.8) is 0 Å². The van der Waals surface area contributed by atoms with Crippen molar-refractivity contribution in [3.8, 4) is 0 Å². The molecule has 0 bridgehead atoms. The van der Waals surface area contributed by atoms with Gasteiger partial charge in [-0.15, -0.1) is 0 Å². The molecule has 0 radical (unpaired) electrons. The molecule has 7 heteroatoms. The Morgan fingerprint density at radius 1 is 1.11 bits per heavy atom. The lowest BCUT2D eigenvalue weighted by Crippen LogP contribution is -2.52. The summed E-state index contributed by atoms with van der Waals surface area (Å²) in [5.41, 5.74) is 3.21. The number of benzene rings is 2. The van der Waals surface area contributed by atoms with Crippen LogP contribution in [0.1, 0.15) is 24.0 Å². The second-order valence-electron chi connectivity index (χ2n) is 7.05. The maximum Gasteiger partial charge on any atom is 0.405 e. The molecule has 2 aliphatic heterocycles. The third-order valence-electron chi connectivity index (χ3n) is 5.20. The predicted molar refractivity (Wildman–Crippen MR) is 104 cm³/mol. The molecule has 144 valence electrons. The third-order valence-corrected chi connectivity index (χ3v) is 5.20. The number of hydrogen-bond donors (Lipinski definition) is 2. The van der Waals surface area contributed by atoms with Crippen LogP contribution in [0.15, 0.2) is 48.5 Å². The Balaban J connectivity index is 1.79. The van der Waals surface area contributed by atoms with E-state index in [1.807, 2.05) is 48.5 Å². The molecule has 0 aliphatic carbocycles. The number of hydrogen-bond acceptors (Lipinski definition) is 3. The molecule has 0 saturated carbocycles. The molecular weight excluding hydrogens is 358 g/mol. The van der Waals surface area contributed by atoms with Gasteiger partial charge in [0.2, 0.25) is 11.8 Å². The number of para-hydroxylation sites is 1. The Kier molecular flexibility index (Phi) is 4.73. The Bertz CT molecular complexity index is 929. The second-order valence-corrected chi connectivity index (χ2v) is 7.05. The zero-order valence-corrected chi connectivity index (χ0v) is 15.3. The minimum atomic E-state index is -1.23. The number of nitrogens with one attached hydrogen (secondary N) is 1. The van der Waals surface area contributed by atoms with Gasteiger partial charge in [0.1, 0.15) is 6.04 Å². The van der Waals surface area contributed by atoms with E-state index in [1.165, 1.54) is 0 Å². The summed E-state index contributed by atoms with van der Waals surface area (Å²) in [6.45, 7) is 0.934. The highest BCUT2D eigenvalue weighted by Crippen LogP contribution is 2.39. The lowest BCUT2D eigenvalue weighted by atomic mass is 9.95. The lowest BCUT2D eigenvalue weighted by Gasteiger charge is -2.37. The Morgan fingerprint density at radius 3 is 2.57 bits per heavy atom. The molecule has 2 aromatic carbocycles. The fourth-order valence-electron chi connectivity index (χ4n) is 3.97. The van der Waals surface area contributed by atoms with E-state index in [2.05, 4.69) is 5.32 Å². The number of carbonyl (C=O) groups excluding carboxylic acids is 2. The van der Waals surface area contributed by atoms with Gasteiger partial charge in [0, 0.05) is 19.4 Å². The van der Waals surface area contributed by atoms with E-state index in [9.17, 15) is 14.4 Å². The summed E-state index contributed by atoms with van der Waals surface area (Å²) in [6.07, 6.45) is 0.326. The van der Waals surface area contributed by atoms with Gasteiger partial charge in [-0.05, 0) is 23.6 Å². The predicted octanol–water partition coefficient (Wildman–Crippen LogP) is 2.54. The van der Waals surface area contributed by atoms with E-state index >= 15 is 0 Å². The van der Waals surface area contributed by atoms with E-state index in [0.29, 0.717) is 25.2 Å². The van der Waals surface area contributed by atoms with Gasteiger partial charge in [0.25, 0.3) is 0 Å². The van der Waals surface area contributed by atoms with Gasteiger partial charge >= 0.3 is 6.09 Å². The van der Waals surface area contributed by atoms with Crippen molar-refractivity contribution >= 4 is 29.3 Å². The van der Waals surface area contributed by atoms with Crippen LogP contribution in [0.2, 0.25) is 0 Å². The third kappa shape index (κ3) is 3.31. The first-order chi connectivity index (χ1) is 13.5. The van der Waals surface area contributed by atoms with Crippen molar-refractivity contribution in [2.45, 2.75) is 31.8 Å². The van der Waals surface area contributed by atoms with E-state index in [-0.39, 0.29) is 18.2 Å². The van der Waals surface area contributed by atoms with Gasteiger partial charge in [-0.25, -0.2) is 4.79 Å². The number of anilines is 2. The molecule has 2 aliphatic rings. The smallest absolute Gasteiger partial charge is 0.405 e. The Hall–Kier alpha value is -3.35. The van der Waals surface area contributed by atoms with E-state index in [4.69, 9.17) is 5.11 Å². The van der Waals surface area contributed by atoms with Gasteiger partial charge in [0.15, 0.2) is 0 Å². The zero-order chi connectivity index (χ0) is 19.7. The normalized spacial score (nSPS) is 18.9. The molecule has 2 N–H and O–H groups in total. The average molecular weight is 379 g/mol. The molecule has 1 fully saturated rings. The monoisotopic (exact) mass is 379 g/mol. The van der Waals surface area contributed by atoms with Crippen LogP contribution in [-0.2, 0) is 22.6 Å². The highest BCUT2D eigenvalue weighted by molar-refractivity contribution is 6.07. The van der Waals surface area contributed by atoms with Crippen molar-refractivity contribution in [3.05, 3.63) is 59.7 Å². The van der Waals surface area contributed by atoms with E-state index in [0.717, 1.165) is 23.2 Å². The van der Waals surface area contributed by atoms with Crippen LogP contribution in [0.25, 0.3) is 0 Å². The Morgan fingerprint density at radius 2 is 1.89 bits per heavy atom. The average Bonchev–Trinajstić information content (AvgIpc) is 3.11. The highest BCUT2D eigenvalue weighted by Gasteiger charge is 2.37. The molecular formula is C21H21N3O4. The number of carboxylic acid groups (broad SMARTS) is 1. The topological polar surface area (TPSA) is 89.9 Å². The Labute approximate surface area is 162 Å². The summed E-state index contributed by atoms with van der Waals surface area (Å²) in [4.78, 5) is 40.0. The molecule has 2 heterocycles. The minimum Gasteiger partial charge on any atom is -0.465 e. The maximum absolute atomic E-state index is 13.2. The summed E-state index contributed by atoms with van der Waals surface area (Å²) in [6, 6.07) is 14.3. The van der Waals surface area contributed by atoms with Gasteiger partial charge < -0.3 is 20.2 Å².